The van der Waals surface area contributed by atoms with Crippen LogP contribution in [-0.4, -0.2) is 33.9 Å². The van der Waals surface area contributed by atoms with Crippen LogP contribution in [0.15, 0.2) is 30.3 Å². The van der Waals surface area contributed by atoms with Gasteiger partial charge in [0.25, 0.3) is 5.91 Å². The Bertz CT molecular complexity index is 489. The first-order valence-corrected chi connectivity index (χ1v) is 7.75. The third kappa shape index (κ3) is 3.15. The fraction of sp³-hybridized carbons (Fsp3) is 0.467. The molecule has 0 unspecified atom stereocenters. The first-order chi connectivity index (χ1) is 9.50. The van der Waals surface area contributed by atoms with Crippen molar-refractivity contribution < 1.29 is 14.7 Å². The molecule has 1 amide bonds. The predicted octanol–water partition coefficient (Wildman–Crippen LogP) is 1.37. The number of rotatable bonds is 4. The van der Waals surface area contributed by atoms with Gasteiger partial charge in [0.2, 0.25) is 0 Å². The van der Waals surface area contributed by atoms with Crippen molar-refractivity contribution in [1.82, 2.24) is 4.90 Å². The van der Waals surface area contributed by atoms with Crippen LogP contribution >= 0.6 is 11.8 Å². The fourth-order valence-electron chi connectivity index (χ4n) is 2.33. The van der Waals surface area contributed by atoms with Gasteiger partial charge in [0.05, 0.1) is 17.4 Å². The van der Waals surface area contributed by atoms with Crippen molar-refractivity contribution in [3.8, 4) is 0 Å². The van der Waals surface area contributed by atoms with Crippen molar-refractivity contribution in [2.75, 3.05) is 5.75 Å². The van der Waals surface area contributed by atoms with Crippen LogP contribution in [0.25, 0.3) is 0 Å². The molecule has 20 heavy (non-hydrogen) atoms. The molecule has 0 spiro atoms. The van der Waals surface area contributed by atoms with E-state index in [1.165, 1.54) is 16.7 Å². The molecule has 0 aromatic heterocycles. The standard InChI is InChI=1S/C15H19NO3S/c1-10(2)8-13-16(12(9-20-13)15(18)19)14(17)11-6-4-3-5-7-11/h3-7,10,12-13H,8-9H2,1-2H3,(H,18,19)/p-1/t12-,13-/m0/s1. The second-order valence-corrected chi connectivity index (χ2v) is 6.54. The molecule has 1 aliphatic heterocycles. The Balaban J connectivity index is 2.26. The molecule has 108 valence electrons. The summed E-state index contributed by atoms with van der Waals surface area (Å²) in [6.45, 7) is 4.14. The van der Waals surface area contributed by atoms with Crippen molar-refractivity contribution in [3.63, 3.8) is 0 Å². The summed E-state index contributed by atoms with van der Waals surface area (Å²) in [5.41, 5.74) is 0.523. The molecule has 2 rings (SSSR count). The predicted molar refractivity (Wildman–Crippen MR) is 77.1 cm³/mol. The third-order valence-electron chi connectivity index (χ3n) is 3.29. The summed E-state index contributed by atoms with van der Waals surface area (Å²) in [5.74, 6) is -0.597. The second kappa shape index (κ2) is 6.31. The van der Waals surface area contributed by atoms with Crippen LogP contribution in [0, 0.1) is 5.92 Å². The lowest BCUT2D eigenvalue weighted by molar-refractivity contribution is -0.310. The fourth-order valence-corrected chi connectivity index (χ4v) is 3.96. The summed E-state index contributed by atoms with van der Waals surface area (Å²) in [4.78, 5) is 25.3. The summed E-state index contributed by atoms with van der Waals surface area (Å²) < 4.78 is 0. The highest BCUT2D eigenvalue weighted by Crippen LogP contribution is 2.34. The maximum Gasteiger partial charge on any atom is 0.255 e. The number of nitrogens with zero attached hydrogens (tertiary/aromatic N) is 1. The van der Waals surface area contributed by atoms with Gasteiger partial charge in [-0.3, -0.25) is 4.79 Å². The molecule has 0 N–H and O–H groups in total. The van der Waals surface area contributed by atoms with E-state index in [4.69, 9.17) is 0 Å². The zero-order chi connectivity index (χ0) is 14.7. The number of hydrogen-bond acceptors (Lipinski definition) is 4. The zero-order valence-electron chi connectivity index (χ0n) is 11.6. The number of benzene rings is 1. The van der Waals surface area contributed by atoms with Crippen molar-refractivity contribution in [2.45, 2.75) is 31.7 Å². The van der Waals surface area contributed by atoms with E-state index in [0.717, 1.165) is 6.42 Å². The molecule has 1 heterocycles. The molecule has 0 radical (unpaired) electrons. The summed E-state index contributed by atoms with van der Waals surface area (Å²) >= 11 is 1.52. The second-order valence-electron chi connectivity index (χ2n) is 5.33. The highest BCUT2D eigenvalue weighted by molar-refractivity contribution is 8.00. The summed E-state index contributed by atoms with van der Waals surface area (Å²) in [7, 11) is 0. The lowest BCUT2D eigenvalue weighted by atomic mass is 10.1. The van der Waals surface area contributed by atoms with Crippen molar-refractivity contribution in [3.05, 3.63) is 35.9 Å². The van der Waals surface area contributed by atoms with Crippen LogP contribution in [0.1, 0.15) is 30.6 Å². The highest BCUT2D eigenvalue weighted by atomic mass is 32.2. The van der Waals surface area contributed by atoms with Crippen LogP contribution in [0.2, 0.25) is 0 Å². The van der Waals surface area contributed by atoms with E-state index in [0.29, 0.717) is 17.2 Å². The summed E-state index contributed by atoms with van der Waals surface area (Å²) in [6.07, 6.45) is 0.785. The van der Waals surface area contributed by atoms with Gasteiger partial charge in [-0.1, -0.05) is 32.0 Å². The smallest absolute Gasteiger partial charge is 0.255 e. The number of carboxylic acid groups (broad SMARTS) is 1. The Kier molecular flexibility index (Phi) is 4.70. The monoisotopic (exact) mass is 292 g/mol. The Hall–Kier alpha value is -1.49. The molecule has 1 aromatic rings. The van der Waals surface area contributed by atoms with Gasteiger partial charge >= 0.3 is 0 Å². The minimum atomic E-state index is -1.17. The lowest BCUT2D eigenvalue weighted by Crippen LogP contribution is -2.51. The van der Waals surface area contributed by atoms with Gasteiger partial charge in [-0.15, -0.1) is 11.8 Å². The number of carbonyl (C=O) groups excluding carboxylic acids is 2. The van der Waals surface area contributed by atoms with Gasteiger partial charge in [0.1, 0.15) is 0 Å². The van der Waals surface area contributed by atoms with E-state index in [1.54, 1.807) is 24.3 Å². The molecular formula is C15H18NO3S-. The van der Waals surface area contributed by atoms with Crippen LogP contribution in [0.5, 0.6) is 0 Å². The number of aliphatic carboxylic acids is 1. The Morgan fingerprint density at radius 1 is 1.35 bits per heavy atom. The number of carbonyl (C=O) groups is 2. The quantitative estimate of drug-likeness (QED) is 0.841. The van der Waals surface area contributed by atoms with E-state index < -0.39 is 12.0 Å². The Morgan fingerprint density at radius 2 is 2.00 bits per heavy atom. The molecule has 2 atom stereocenters. The average molecular weight is 292 g/mol. The first kappa shape index (κ1) is 14.9. The van der Waals surface area contributed by atoms with Gasteiger partial charge in [-0.05, 0) is 24.5 Å². The van der Waals surface area contributed by atoms with Gasteiger partial charge in [0.15, 0.2) is 0 Å². The first-order valence-electron chi connectivity index (χ1n) is 6.71. The third-order valence-corrected chi connectivity index (χ3v) is 4.61. The van der Waals surface area contributed by atoms with E-state index in [-0.39, 0.29) is 11.3 Å². The minimum absolute atomic E-state index is 0.0920. The Morgan fingerprint density at radius 3 is 2.55 bits per heavy atom. The molecule has 0 saturated carbocycles. The SMILES string of the molecule is CC(C)C[C@@H]1SC[C@@H](C(=O)[O-])N1C(=O)c1ccccc1. The lowest BCUT2D eigenvalue weighted by Gasteiger charge is -2.30. The number of carboxylic acids is 1. The van der Waals surface area contributed by atoms with E-state index in [9.17, 15) is 14.7 Å². The number of thioether (sulfide) groups is 1. The zero-order valence-corrected chi connectivity index (χ0v) is 12.4. The van der Waals surface area contributed by atoms with Gasteiger partial charge in [0, 0.05) is 11.3 Å². The topological polar surface area (TPSA) is 60.4 Å². The van der Waals surface area contributed by atoms with E-state index in [2.05, 4.69) is 13.8 Å². The summed E-state index contributed by atoms with van der Waals surface area (Å²) in [5, 5.41) is 11.2. The van der Waals surface area contributed by atoms with Gasteiger partial charge in [-0.2, -0.15) is 0 Å². The van der Waals surface area contributed by atoms with Crippen LogP contribution < -0.4 is 5.11 Å². The van der Waals surface area contributed by atoms with E-state index in [1.807, 2.05) is 6.07 Å². The maximum absolute atomic E-state index is 12.6. The average Bonchev–Trinajstić information content (AvgIpc) is 2.82. The van der Waals surface area contributed by atoms with Crippen LogP contribution in [0.3, 0.4) is 0 Å². The number of hydrogen-bond donors (Lipinski definition) is 0. The van der Waals surface area contributed by atoms with E-state index >= 15 is 0 Å². The molecule has 0 aliphatic carbocycles. The molecule has 1 fully saturated rings. The molecule has 1 aromatic carbocycles. The molecular weight excluding hydrogens is 274 g/mol. The van der Waals surface area contributed by atoms with Crippen molar-refractivity contribution in [1.29, 1.82) is 0 Å². The Labute approximate surface area is 123 Å². The van der Waals surface area contributed by atoms with Gasteiger partial charge in [-0.25, -0.2) is 0 Å². The number of amides is 1. The van der Waals surface area contributed by atoms with Gasteiger partial charge < -0.3 is 14.8 Å². The van der Waals surface area contributed by atoms with Crippen LogP contribution in [0.4, 0.5) is 0 Å². The molecule has 5 heteroatoms. The normalized spacial score (nSPS) is 22.2. The minimum Gasteiger partial charge on any atom is -0.548 e. The summed E-state index contributed by atoms with van der Waals surface area (Å²) in [6, 6.07) is 7.98. The van der Waals surface area contributed by atoms with Crippen molar-refractivity contribution in [2.24, 2.45) is 5.92 Å². The maximum atomic E-state index is 12.6. The van der Waals surface area contributed by atoms with Crippen LogP contribution in [-0.2, 0) is 4.79 Å². The molecule has 4 nitrogen and oxygen atoms in total. The highest BCUT2D eigenvalue weighted by Gasteiger charge is 2.38. The molecule has 1 saturated heterocycles. The largest absolute Gasteiger partial charge is 0.548 e. The molecule has 0 bridgehead atoms. The molecule has 1 aliphatic rings. The van der Waals surface area contributed by atoms with Crippen molar-refractivity contribution >= 4 is 23.6 Å².